The van der Waals surface area contributed by atoms with Gasteiger partial charge in [-0.05, 0) is 74.2 Å². The molecule has 7 atom stereocenters. The molecule has 240 valence electrons. The smallest absolute Gasteiger partial charge is 0.251 e. The van der Waals surface area contributed by atoms with E-state index in [1.54, 1.807) is 62.9 Å². The lowest BCUT2D eigenvalue weighted by atomic mass is 9.65. The number of likely N-dealkylation sites (tertiary alicyclic amines) is 1. The molecule has 2 aromatic rings. The summed E-state index contributed by atoms with van der Waals surface area (Å²) < 4.78 is 4.76. The van der Waals surface area contributed by atoms with Gasteiger partial charge in [-0.25, -0.2) is 0 Å². The zero-order valence-electron chi connectivity index (χ0n) is 26.1. The molecule has 0 aliphatic carbocycles. The first-order valence-corrected chi connectivity index (χ1v) is 16.9. The van der Waals surface area contributed by atoms with Gasteiger partial charge >= 0.3 is 0 Å². The van der Waals surface area contributed by atoms with Crippen molar-refractivity contribution in [3.8, 4) is 5.75 Å². The highest BCUT2D eigenvalue weighted by molar-refractivity contribution is 8.02. The topological polar surface area (TPSA) is 90.4 Å². The van der Waals surface area contributed by atoms with Gasteiger partial charge < -0.3 is 24.5 Å². The van der Waals surface area contributed by atoms with Crippen LogP contribution in [0.3, 0.4) is 0 Å². The molecule has 3 fully saturated rings. The van der Waals surface area contributed by atoms with Gasteiger partial charge in [0.15, 0.2) is 0 Å². The van der Waals surface area contributed by atoms with Crippen LogP contribution in [0.25, 0.3) is 0 Å². The van der Waals surface area contributed by atoms with Crippen LogP contribution in [-0.4, -0.2) is 76.1 Å². The van der Waals surface area contributed by atoms with Crippen molar-refractivity contribution in [3.05, 3.63) is 78.9 Å². The number of hydrogen-bond acceptors (Lipinski definition) is 6. The van der Waals surface area contributed by atoms with E-state index in [1.165, 1.54) is 0 Å². The first-order chi connectivity index (χ1) is 21.7. The molecule has 0 saturated carbocycles. The number of thioether (sulfide) groups is 1. The number of fused-ring (bicyclic) bond motifs is 1. The normalized spacial score (nSPS) is 27.2. The predicted octanol–water partition coefficient (Wildman–Crippen LogP) is 5.59. The Morgan fingerprint density at radius 2 is 1.64 bits per heavy atom. The Kier molecular flexibility index (Phi) is 10.0. The predicted molar refractivity (Wildman–Crippen MR) is 181 cm³/mol. The number of hydrogen-bond donors (Lipinski definition) is 1. The molecular formula is C35H42ClN3O5S. The van der Waals surface area contributed by atoms with Crippen molar-refractivity contribution in [1.82, 2.24) is 4.90 Å². The lowest BCUT2D eigenvalue weighted by molar-refractivity contribution is -0.142. The number of aliphatic hydroxyl groups is 1. The van der Waals surface area contributed by atoms with Crippen molar-refractivity contribution in [2.75, 3.05) is 36.1 Å². The van der Waals surface area contributed by atoms with E-state index < -0.39 is 28.7 Å². The fourth-order valence-electron chi connectivity index (χ4n) is 7.57. The number of amides is 3. The number of anilines is 2. The van der Waals surface area contributed by atoms with Crippen molar-refractivity contribution in [1.29, 1.82) is 0 Å². The van der Waals surface area contributed by atoms with Crippen LogP contribution in [0.15, 0.2) is 73.8 Å². The summed E-state index contributed by atoms with van der Waals surface area (Å²) in [6.45, 7) is 14.4. The van der Waals surface area contributed by atoms with Gasteiger partial charge in [-0.3, -0.25) is 14.4 Å². The molecule has 2 bridgehead atoms. The number of benzene rings is 2. The molecular weight excluding hydrogens is 610 g/mol. The van der Waals surface area contributed by atoms with Gasteiger partial charge in [0.25, 0.3) is 5.91 Å². The van der Waals surface area contributed by atoms with Crippen LogP contribution in [0, 0.1) is 17.8 Å². The third-order valence-electron chi connectivity index (χ3n) is 9.53. The molecule has 2 aromatic carbocycles. The molecule has 45 heavy (non-hydrogen) atoms. The summed E-state index contributed by atoms with van der Waals surface area (Å²) in [5.74, 6) is -1.31. The van der Waals surface area contributed by atoms with Gasteiger partial charge in [0, 0.05) is 34.7 Å². The standard InChI is InChI=1S/C35H42ClN3O5S/c1-6-18-37(26-14-16-27(17-15-26)44-9-4)32(41)29-28-20-22(5)35(45-28)30(29)33(42)39(24(8-3)21-40)31(35)34(43)38(19-7-2)25-12-10-23(36)11-13-25/h6-7,10-17,22,24,28-31,40H,1-2,8-9,18-21H2,3-5H3/t22?,24-,28-,29+,30-,31?,35?/m0/s1. The molecule has 5 rings (SSSR count). The maximum atomic E-state index is 14.8. The Bertz CT molecular complexity index is 1430. The van der Waals surface area contributed by atoms with Gasteiger partial charge in [0.2, 0.25) is 11.8 Å². The average Bonchev–Trinajstić information content (AvgIpc) is 3.64. The number of aliphatic hydroxyl groups excluding tert-OH is 1. The molecule has 1 N–H and O–H groups in total. The third-order valence-corrected chi connectivity index (χ3v) is 11.9. The van der Waals surface area contributed by atoms with Crippen molar-refractivity contribution in [2.24, 2.45) is 17.8 Å². The van der Waals surface area contributed by atoms with Gasteiger partial charge in [-0.1, -0.05) is 37.6 Å². The Balaban J connectivity index is 1.59. The number of carbonyl (C=O) groups is 3. The molecule has 3 aliphatic rings. The second kappa shape index (κ2) is 13.6. The van der Waals surface area contributed by atoms with Crippen molar-refractivity contribution < 1.29 is 24.2 Å². The van der Waals surface area contributed by atoms with Crippen LogP contribution < -0.4 is 14.5 Å². The lowest BCUT2D eigenvalue weighted by Gasteiger charge is -2.42. The monoisotopic (exact) mass is 651 g/mol. The molecule has 0 radical (unpaired) electrons. The van der Waals surface area contributed by atoms with E-state index in [0.717, 1.165) is 0 Å². The summed E-state index contributed by atoms with van der Waals surface area (Å²) in [5, 5.41) is 10.9. The lowest BCUT2D eigenvalue weighted by Crippen LogP contribution is -2.59. The largest absolute Gasteiger partial charge is 0.494 e. The van der Waals surface area contributed by atoms with Crippen LogP contribution >= 0.6 is 23.4 Å². The van der Waals surface area contributed by atoms with Crippen LogP contribution in [0.2, 0.25) is 5.02 Å². The summed E-state index contributed by atoms with van der Waals surface area (Å²) in [6, 6.07) is 12.9. The van der Waals surface area contributed by atoms with Gasteiger partial charge in [-0.15, -0.1) is 24.9 Å². The quantitative estimate of drug-likeness (QED) is 0.284. The first kappa shape index (κ1) is 33.1. The minimum absolute atomic E-state index is 0.0187. The Morgan fingerprint density at radius 3 is 2.18 bits per heavy atom. The minimum Gasteiger partial charge on any atom is -0.494 e. The van der Waals surface area contributed by atoms with Crippen LogP contribution in [0.4, 0.5) is 11.4 Å². The Labute approximate surface area is 275 Å². The van der Waals surface area contributed by atoms with Crippen molar-refractivity contribution in [3.63, 3.8) is 0 Å². The molecule has 3 unspecified atom stereocenters. The van der Waals surface area contributed by atoms with E-state index in [9.17, 15) is 19.5 Å². The number of ether oxygens (including phenoxy) is 1. The molecule has 3 saturated heterocycles. The summed E-state index contributed by atoms with van der Waals surface area (Å²) >= 11 is 7.78. The molecule has 8 nitrogen and oxygen atoms in total. The van der Waals surface area contributed by atoms with Crippen LogP contribution in [0.5, 0.6) is 5.75 Å². The highest BCUT2D eigenvalue weighted by atomic mass is 35.5. The van der Waals surface area contributed by atoms with E-state index in [1.807, 2.05) is 38.1 Å². The first-order valence-electron chi connectivity index (χ1n) is 15.6. The molecule has 3 amide bonds. The van der Waals surface area contributed by atoms with Gasteiger partial charge in [0.05, 0.1) is 35.8 Å². The molecule has 10 heteroatoms. The maximum Gasteiger partial charge on any atom is 0.251 e. The second-order valence-electron chi connectivity index (χ2n) is 11.9. The van der Waals surface area contributed by atoms with Crippen molar-refractivity contribution >= 4 is 52.5 Å². The van der Waals surface area contributed by atoms with E-state index in [2.05, 4.69) is 20.1 Å². The van der Waals surface area contributed by atoms with E-state index in [-0.39, 0.29) is 48.6 Å². The Morgan fingerprint density at radius 1 is 1.07 bits per heavy atom. The molecule has 3 heterocycles. The highest BCUT2D eigenvalue weighted by Crippen LogP contribution is 2.69. The van der Waals surface area contributed by atoms with E-state index >= 15 is 0 Å². The number of halogens is 1. The third kappa shape index (κ3) is 5.57. The second-order valence-corrected chi connectivity index (χ2v) is 13.9. The zero-order valence-corrected chi connectivity index (χ0v) is 27.7. The summed E-state index contributed by atoms with van der Waals surface area (Å²) in [7, 11) is 0. The number of carbonyl (C=O) groups excluding carboxylic acids is 3. The fraction of sp³-hybridized carbons (Fsp3) is 0.457. The van der Waals surface area contributed by atoms with Gasteiger partial charge in [0.1, 0.15) is 11.8 Å². The van der Waals surface area contributed by atoms with E-state index in [0.29, 0.717) is 41.6 Å². The minimum atomic E-state index is -0.871. The zero-order chi connectivity index (χ0) is 32.5. The average molecular weight is 652 g/mol. The number of rotatable bonds is 13. The summed E-state index contributed by atoms with van der Waals surface area (Å²) in [4.78, 5) is 49.1. The highest BCUT2D eigenvalue weighted by Gasteiger charge is 2.77. The maximum absolute atomic E-state index is 14.8. The molecule has 1 spiro atoms. The Hall–Kier alpha value is -3.27. The fourth-order valence-corrected chi connectivity index (χ4v) is 10.1. The molecule has 3 aliphatic heterocycles. The van der Waals surface area contributed by atoms with Crippen molar-refractivity contribution in [2.45, 2.75) is 55.7 Å². The van der Waals surface area contributed by atoms with Crippen LogP contribution in [-0.2, 0) is 14.4 Å². The summed E-state index contributed by atoms with van der Waals surface area (Å²) in [6.07, 6.45) is 4.50. The van der Waals surface area contributed by atoms with E-state index in [4.69, 9.17) is 16.3 Å². The summed E-state index contributed by atoms with van der Waals surface area (Å²) in [5.41, 5.74) is 1.33. The van der Waals surface area contributed by atoms with Gasteiger partial charge in [-0.2, -0.15) is 0 Å². The van der Waals surface area contributed by atoms with Crippen LogP contribution in [0.1, 0.15) is 33.6 Å². The SMILES string of the molecule is C=CCN(C(=O)C1N([C@@H](CC)CO)C(=O)[C@@H]2[C@H](C(=O)N(CC=C)c3ccc(OCC)cc3)[C@@H]3CC(C)C12S3)c1ccc(Cl)cc1. The molecule has 0 aromatic heterocycles. The number of nitrogens with zero attached hydrogens (tertiary/aromatic N) is 3.